The van der Waals surface area contributed by atoms with Gasteiger partial charge in [-0.25, -0.2) is 9.97 Å². The molecule has 0 fully saturated rings. The maximum absolute atomic E-state index is 4.40. The van der Waals surface area contributed by atoms with Gasteiger partial charge in [0.1, 0.15) is 11.3 Å². The van der Waals surface area contributed by atoms with E-state index in [1.165, 1.54) is 0 Å². The van der Waals surface area contributed by atoms with Crippen LogP contribution >= 0.6 is 0 Å². The average molecular weight is 302 g/mol. The van der Waals surface area contributed by atoms with Gasteiger partial charge in [0.25, 0.3) is 0 Å². The monoisotopic (exact) mass is 302 g/mol. The van der Waals surface area contributed by atoms with Crippen molar-refractivity contribution in [2.45, 2.75) is 6.54 Å². The Kier molecular flexibility index (Phi) is 3.40. The van der Waals surface area contributed by atoms with Crippen molar-refractivity contribution >= 4 is 22.5 Å². The smallest absolute Gasteiger partial charge is 0.132 e. The van der Waals surface area contributed by atoms with Gasteiger partial charge in [-0.05, 0) is 23.8 Å². The predicted octanol–water partition coefficient (Wildman–Crippen LogP) is 3.01. The Morgan fingerprint density at radius 3 is 2.61 bits per heavy atom. The third kappa shape index (κ3) is 2.87. The van der Waals surface area contributed by atoms with Gasteiger partial charge >= 0.3 is 0 Å². The molecule has 0 aliphatic heterocycles. The SMILES string of the molecule is c1cncc(Cn2cnc3cnc(Nc4cccnc4)cc32)c1. The summed E-state index contributed by atoms with van der Waals surface area (Å²) in [5.74, 6) is 0.762. The largest absolute Gasteiger partial charge is 0.339 e. The maximum Gasteiger partial charge on any atom is 0.132 e. The molecule has 6 heteroatoms. The number of pyridine rings is 3. The van der Waals surface area contributed by atoms with Crippen LogP contribution in [0.4, 0.5) is 11.5 Å². The molecule has 0 unspecified atom stereocenters. The van der Waals surface area contributed by atoms with Crippen LogP contribution in [0.5, 0.6) is 0 Å². The average Bonchev–Trinajstić information content (AvgIpc) is 2.99. The molecular weight excluding hydrogens is 288 g/mol. The van der Waals surface area contributed by atoms with Crippen LogP contribution in [-0.2, 0) is 6.54 Å². The van der Waals surface area contributed by atoms with Crippen LogP contribution in [-0.4, -0.2) is 24.5 Å². The number of nitrogens with zero attached hydrogens (tertiary/aromatic N) is 5. The van der Waals surface area contributed by atoms with Gasteiger partial charge in [0.15, 0.2) is 0 Å². The van der Waals surface area contributed by atoms with E-state index in [1.54, 1.807) is 24.8 Å². The zero-order valence-corrected chi connectivity index (χ0v) is 12.3. The molecule has 0 bridgehead atoms. The standard InChI is InChI=1S/C17H14N6/c1-3-13(8-18-5-1)11-23-12-21-15-10-20-17(7-16(15)23)22-14-4-2-6-19-9-14/h1-10,12H,11H2,(H,20,22). The van der Waals surface area contributed by atoms with E-state index in [2.05, 4.69) is 35.9 Å². The van der Waals surface area contributed by atoms with E-state index in [-0.39, 0.29) is 0 Å². The highest BCUT2D eigenvalue weighted by molar-refractivity contribution is 5.78. The second kappa shape index (κ2) is 5.84. The molecule has 4 rings (SSSR count). The molecule has 4 aromatic heterocycles. The van der Waals surface area contributed by atoms with E-state index < -0.39 is 0 Å². The number of hydrogen-bond donors (Lipinski definition) is 1. The third-order valence-corrected chi connectivity index (χ3v) is 3.52. The number of hydrogen-bond acceptors (Lipinski definition) is 5. The lowest BCUT2D eigenvalue weighted by molar-refractivity contribution is 0.819. The summed E-state index contributed by atoms with van der Waals surface area (Å²) in [7, 11) is 0. The minimum Gasteiger partial charge on any atom is -0.339 e. The number of nitrogens with one attached hydrogen (secondary N) is 1. The van der Waals surface area contributed by atoms with Crippen molar-refractivity contribution in [1.29, 1.82) is 0 Å². The van der Waals surface area contributed by atoms with Crippen LogP contribution in [0.25, 0.3) is 11.0 Å². The lowest BCUT2D eigenvalue weighted by atomic mass is 10.3. The number of imidazole rings is 1. The van der Waals surface area contributed by atoms with Crippen LogP contribution in [0.15, 0.2) is 67.6 Å². The van der Waals surface area contributed by atoms with Gasteiger partial charge in [-0.1, -0.05) is 6.07 Å². The Bertz CT molecular complexity index is 918. The van der Waals surface area contributed by atoms with Crippen LogP contribution < -0.4 is 5.32 Å². The van der Waals surface area contributed by atoms with E-state index in [1.807, 2.05) is 36.8 Å². The van der Waals surface area contributed by atoms with Crippen molar-refractivity contribution in [2.24, 2.45) is 0 Å². The normalized spacial score (nSPS) is 10.8. The third-order valence-electron chi connectivity index (χ3n) is 3.52. The summed E-state index contributed by atoms with van der Waals surface area (Å²) >= 11 is 0. The van der Waals surface area contributed by atoms with E-state index >= 15 is 0 Å². The van der Waals surface area contributed by atoms with Crippen LogP contribution in [0.3, 0.4) is 0 Å². The summed E-state index contributed by atoms with van der Waals surface area (Å²) in [4.78, 5) is 17.0. The molecule has 6 nitrogen and oxygen atoms in total. The lowest BCUT2D eigenvalue weighted by Gasteiger charge is -2.07. The quantitative estimate of drug-likeness (QED) is 0.627. The van der Waals surface area contributed by atoms with Crippen molar-refractivity contribution < 1.29 is 0 Å². The maximum atomic E-state index is 4.40. The summed E-state index contributed by atoms with van der Waals surface area (Å²) in [6, 6.07) is 9.81. The Morgan fingerprint density at radius 2 is 1.83 bits per heavy atom. The van der Waals surface area contributed by atoms with Gasteiger partial charge in [-0.15, -0.1) is 0 Å². The number of fused-ring (bicyclic) bond motifs is 1. The molecule has 0 aliphatic rings. The number of anilines is 2. The molecule has 0 spiro atoms. The van der Waals surface area contributed by atoms with Crippen molar-refractivity contribution in [3.05, 3.63) is 73.2 Å². The predicted molar refractivity (Wildman–Crippen MR) is 88.4 cm³/mol. The number of rotatable bonds is 4. The second-order valence-electron chi connectivity index (χ2n) is 5.16. The zero-order valence-electron chi connectivity index (χ0n) is 12.3. The Labute approximate surface area is 132 Å². The van der Waals surface area contributed by atoms with Crippen molar-refractivity contribution in [1.82, 2.24) is 24.5 Å². The molecule has 0 amide bonds. The summed E-state index contributed by atoms with van der Waals surface area (Å²) in [6.07, 6.45) is 10.7. The molecular formula is C17H14N6. The Hall–Kier alpha value is -3.28. The molecule has 1 N–H and O–H groups in total. The van der Waals surface area contributed by atoms with Gasteiger partial charge in [0.2, 0.25) is 0 Å². The molecule has 0 aromatic carbocycles. The first-order valence-corrected chi connectivity index (χ1v) is 7.25. The zero-order chi connectivity index (χ0) is 15.5. The Balaban J connectivity index is 1.66. The molecule has 4 heterocycles. The fraction of sp³-hybridized carbons (Fsp3) is 0.0588. The fourth-order valence-corrected chi connectivity index (χ4v) is 2.43. The van der Waals surface area contributed by atoms with Gasteiger partial charge in [-0.3, -0.25) is 9.97 Å². The molecule has 0 saturated heterocycles. The molecule has 0 radical (unpaired) electrons. The minimum atomic E-state index is 0.723. The molecule has 4 aromatic rings. The van der Waals surface area contributed by atoms with Crippen molar-refractivity contribution in [3.63, 3.8) is 0 Å². The van der Waals surface area contributed by atoms with Crippen molar-refractivity contribution in [2.75, 3.05) is 5.32 Å². The highest BCUT2D eigenvalue weighted by atomic mass is 15.1. The molecule has 0 atom stereocenters. The molecule has 0 saturated carbocycles. The first kappa shape index (κ1) is 13.4. The van der Waals surface area contributed by atoms with Gasteiger partial charge in [0.05, 0.1) is 36.5 Å². The lowest BCUT2D eigenvalue weighted by Crippen LogP contribution is -1.99. The van der Waals surface area contributed by atoms with Gasteiger partial charge in [-0.2, -0.15) is 0 Å². The Morgan fingerprint density at radius 1 is 0.957 bits per heavy atom. The highest BCUT2D eigenvalue weighted by Crippen LogP contribution is 2.19. The van der Waals surface area contributed by atoms with Crippen LogP contribution in [0.2, 0.25) is 0 Å². The van der Waals surface area contributed by atoms with E-state index in [9.17, 15) is 0 Å². The van der Waals surface area contributed by atoms with Crippen molar-refractivity contribution in [3.8, 4) is 0 Å². The molecule has 23 heavy (non-hydrogen) atoms. The summed E-state index contributed by atoms with van der Waals surface area (Å²) in [6.45, 7) is 0.723. The van der Waals surface area contributed by atoms with Crippen LogP contribution in [0, 0.1) is 0 Å². The summed E-state index contributed by atoms with van der Waals surface area (Å²) in [5.41, 5.74) is 3.92. The second-order valence-corrected chi connectivity index (χ2v) is 5.16. The van der Waals surface area contributed by atoms with E-state index in [0.29, 0.717) is 0 Å². The molecule has 0 aliphatic carbocycles. The van der Waals surface area contributed by atoms with Gasteiger partial charge in [0, 0.05) is 24.7 Å². The van der Waals surface area contributed by atoms with E-state index in [0.717, 1.165) is 34.6 Å². The first-order valence-electron chi connectivity index (χ1n) is 7.25. The summed E-state index contributed by atoms with van der Waals surface area (Å²) < 4.78 is 2.09. The van der Waals surface area contributed by atoms with E-state index in [4.69, 9.17) is 0 Å². The fourth-order valence-electron chi connectivity index (χ4n) is 2.43. The van der Waals surface area contributed by atoms with Crippen LogP contribution in [0.1, 0.15) is 5.56 Å². The van der Waals surface area contributed by atoms with Gasteiger partial charge < -0.3 is 9.88 Å². The first-order chi connectivity index (χ1) is 11.4. The number of aromatic nitrogens is 5. The molecule has 112 valence electrons. The highest BCUT2D eigenvalue weighted by Gasteiger charge is 2.06. The summed E-state index contributed by atoms with van der Waals surface area (Å²) in [5, 5.41) is 3.25. The minimum absolute atomic E-state index is 0.723. The topological polar surface area (TPSA) is 68.5 Å².